The van der Waals surface area contributed by atoms with Gasteiger partial charge in [-0.25, -0.2) is 0 Å². The number of carboxylic acids is 1. The maximum atomic E-state index is 11.4. The topological polar surface area (TPSA) is 54.4 Å². The Hall–Kier alpha value is -0.480. The highest BCUT2D eigenvalue weighted by atomic mass is 35.5. The Morgan fingerprint density at radius 3 is 2.56 bits per heavy atom. The zero-order valence-electron chi connectivity index (χ0n) is 9.23. The molecule has 0 amide bonds. The normalized spacial score (nSPS) is 33.6. The van der Waals surface area contributed by atoms with Crippen LogP contribution in [0.2, 0.25) is 0 Å². The molecule has 0 aromatic heterocycles. The molecule has 1 saturated heterocycles. The van der Waals surface area contributed by atoms with Crippen LogP contribution in [0.4, 0.5) is 0 Å². The molecule has 5 heteroatoms. The van der Waals surface area contributed by atoms with E-state index in [1.165, 1.54) is 11.8 Å². The van der Waals surface area contributed by atoms with E-state index in [1.807, 2.05) is 19.9 Å². The Morgan fingerprint density at radius 2 is 2.19 bits per heavy atom. The van der Waals surface area contributed by atoms with Crippen molar-refractivity contribution in [1.29, 1.82) is 0 Å². The third kappa shape index (κ3) is 2.13. The van der Waals surface area contributed by atoms with Gasteiger partial charge in [-0.3, -0.25) is 9.59 Å². The largest absolute Gasteiger partial charge is 0.481 e. The van der Waals surface area contributed by atoms with Crippen LogP contribution in [0.3, 0.4) is 0 Å². The van der Waals surface area contributed by atoms with Crippen LogP contribution in [0.15, 0.2) is 11.6 Å². The molecule has 1 aliphatic heterocycles. The monoisotopic (exact) mass is 262 g/mol. The molecule has 2 rings (SSSR count). The first-order chi connectivity index (χ1) is 6.94. The van der Waals surface area contributed by atoms with Gasteiger partial charge in [0.25, 0.3) is 0 Å². The fourth-order valence-electron chi connectivity index (χ4n) is 2.28. The van der Waals surface area contributed by atoms with Gasteiger partial charge in [0.1, 0.15) is 0 Å². The van der Waals surface area contributed by atoms with Crippen molar-refractivity contribution in [2.45, 2.75) is 20.3 Å². The third-order valence-corrected chi connectivity index (χ3v) is 4.36. The lowest BCUT2D eigenvalue weighted by Crippen LogP contribution is -2.03. The number of rotatable bonds is 2. The SMILES string of the molecule is CC1(C)C(C=C2CCSC2=O)C1C(=O)O.Cl. The first kappa shape index (κ1) is 13.6. The van der Waals surface area contributed by atoms with Gasteiger partial charge in [-0.1, -0.05) is 31.7 Å². The summed E-state index contributed by atoms with van der Waals surface area (Å²) in [5.74, 6) is -0.189. The molecule has 1 aliphatic carbocycles. The molecule has 0 radical (unpaired) electrons. The van der Waals surface area contributed by atoms with Gasteiger partial charge in [0.2, 0.25) is 5.12 Å². The molecule has 1 saturated carbocycles. The maximum absolute atomic E-state index is 11.4. The van der Waals surface area contributed by atoms with E-state index in [0.29, 0.717) is 0 Å². The lowest BCUT2D eigenvalue weighted by atomic mass is 10.1. The number of thioether (sulfide) groups is 1. The zero-order valence-corrected chi connectivity index (χ0v) is 10.9. The van der Waals surface area contributed by atoms with Crippen molar-refractivity contribution in [3.63, 3.8) is 0 Å². The van der Waals surface area contributed by atoms with Crippen LogP contribution < -0.4 is 0 Å². The van der Waals surface area contributed by atoms with E-state index in [4.69, 9.17) is 5.11 Å². The summed E-state index contributed by atoms with van der Waals surface area (Å²) in [6.45, 7) is 3.89. The summed E-state index contributed by atoms with van der Waals surface area (Å²) in [5, 5.41) is 9.11. The number of halogens is 1. The molecule has 2 unspecified atom stereocenters. The van der Waals surface area contributed by atoms with Gasteiger partial charge in [0.05, 0.1) is 5.92 Å². The van der Waals surface area contributed by atoms with Crippen molar-refractivity contribution in [2.24, 2.45) is 17.3 Å². The Bertz CT molecular complexity index is 362. The number of carbonyl (C=O) groups excluding carboxylic acids is 1. The number of hydrogen-bond donors (Lipinski definition) is 1. The fraction of sp³-hybridized carbons (Fsp3) is 0.636. The molecule has 90 valence electrons. The van der Waals surface area contributed by atoms with Crippen molar-refractivity contribution in [3.8, 4) is 0 Å². The number of carboxylic acid groups (broad SMARTS) is 1. The lowest BCUT2D eigenvalue weighted by molar-refractivity contribution is -0.139. The minimum atomic E-state index is -0.750. The average molecular weight is 263 g/mol. The van der Waals surface area contributed by atoms with Crippen LogP contribution in [0.5, 0.6) is 0 Å². The molecule has 0 aromatic rings. The summed E-state index contributed by atoms with van der Waals surface area (Å²) in [6.07, 6.45) is 2.68. The van der Waals surface area contributed by atoms with E-state index in [9.17, 15) is 9.59 Å². The van der Waals surface area contributed by atoms with Gasteiger partial charge in [-0.05, 0) is 17.8 Å². The smallest absolute Gasteiger partial charge is 0.307 e. The van der Waals surface area contributed by atoms with Gasteiger partial charge < -0.3 is 5.11 Å². The molecule has 0 spiro atoms. The molecule has 0 bridgehead atoms. The maximum Gasteiger partial charge on any atom is 0.307 e. The first-order valence-electron chi connectivity index (χ1n) is 5.05. The molecule has 2 fully saturated rings. The van der Waals surface area contributed by atoms with Crippen molar-refractivity contribution in [2.75, 3.05) is 5.75 Å². The Kier molecular flexibility index (Phi) is 3.75. The van der Waals surface area contributed by atoms with E-state index in [1.54, 1.807) is 0 Å². The van der Waals surface area contributed by atoms with E-state index in [0.717, 1.165) is 17.7 Å². The molecule has 0 aromatic carbocycles. The van der Waals surface area contributed by atoms with Gasteiger partial charge >= 0.3 is 5.97 Å². The minimum Gasteiger partial charge on any atom is -0.481 e. The lowest BCUT2D eigenvalue weighted by Gasteiger charge is -1.97. The van der Waals surface area contributed by atoms with Crippen molar-refractivity contribution < 1.29 is 14.7 Å². The summed E-state index contributed by atoms with van der Waals surface area (Å²) in [7, 11) is 0. The number of aliphatic carboxylic acids is 1. The molecular formula is C11H15ClO3S. The van der Waals surface area contributed by atoms with Gasteiger partial charge in [0.15, 0.2) is 0 Å². The van der Waals surface area contributed by atoms with Crippen LogP contribution >= 0.6 is 24.2 Å². The summed E-state index contributed by atoms with van der Waals surface area (Å²) in [5.41, 5.74) is 0.633. The predicted octanol–water partition coefficient (Wildman–Crippen LogP) is 2.35. The van der Waals surface area contributed by atoms with Gasteiger partial charge in [-0.2, -0.15) is 0 Å². The molecular weight excluding hydrogens is 248 g/mol. The van der Waals surface area contributed by atoms with E-state index in [2.05, 4.69) is 0 Å². The van der Waals surface area contributed by atoms with Crippen LogP contribution in [-0.2, 0) is 9.59 Å². The van der Waals surface area contributed by atoms with Crippen LogP contribution in [0.25, 0.3) is 0 Å². The first-order valence-corrected chi connectivity index (χ1v) is 6.04. The Labute approximate surface area is 105 Å². The van der Waals surface area contributed by atoms with E-state index >= 15 is 0 Å². The van der Waals surface area contributed by atoms with Crippen molar-refractivity contribution in [1.82, 2.24) is 0 Å². The van der Waals surface area contributed by atoms with Crippen LogP contribution in [0, 0.1) is 17.3 Å². The molecule has 2 aliphatic rings. The summed E-state index contributed by atoms with van der Waals surface area (Å²) in [6, 6.07) is 0. The molecule has 1 N–H and O–H groups in total. The fourth-order valence-corrected chi connectivity index (χ4v) is 3.14. The van der Waals surface area contributed by atoms with Crippen molar-refractivity contribution >= 4 is 35.3 Å². The summed E-state index contributed by atoms with van der Waals surface area (Å²) < 4.78 is 0. The Balaban J connectivity index is 0.00000128. The second-order valence-electron chi connectivity index (χ2n) is 4.74. The summed E-state index contributed by atoms with van der Waals surface area (Å²) >= 11 is 1.33. The number of carbonyl (C=O) groups is 2. The quantitative estimate of drug-likeness (QED) is 0.777. The molecule has 2 atom stereocenters. The standard InChI is InChI=1S/C11H14O3S.ClH/c1-11(2)7(8(11)9(12)13)5-6-3-4-15-10(6)14;/h5,7-8H,3-4H2,1-2H3,(H,12,13);1H. The van der Waals surface area contributed by atoms with Crippen LogP contribution in [0.1, 0.15) is 20.3 Å². The van der Waals surface area contributed by atoms with Gasteiger partial charge in [0, 0.05) is 11.3 Å². The third-order valence-electron chi connectivity index (χ3n) is 3.42. The van der Waals surface area contributed by atoms with Crippen LogP contribution in [-0.4, -0.2) is 21.9 Å². The minimum absolute atomic E-state index is 0. The highest BCUT2D eigenvalue weighted by molar-refractivity contribution is 8.14. The Morgan fingerprint density at radius 1 is 1.56 bits per heavy atom. The van der Waals surface area contributed by atoms with Crippen molar-refractivity contribution in [3.05, 3.63) is 11.6 Å². The highest BCUT2D eigenvalue weighted by Crippen LogP contribution is 2.59. The molecule has 16 heavy (non-hydrogen) atoms. The predicted molar refractivity (Wildman–Crippen MR) is 65.8 cm³/mol. The second-order valence-corrected chi connectivity index (χ2v) is 5.81. The second kappa shape index (κ2) is 4.41. The number of hydrogen-bond acceptors (Lipinski definition) is 3. The number of allylic oxidation sites excluding steroid dienone is 1. The molecule has 3 nitrogen and oxygen atoms in total. The van der Waals surface area contributed by atoms with E-state index in [-0.39, 0.29) is 34.8 Å². The van der Waals surface area contributed by atoms with Gasteiger partial charge in [-0.15, -0.1) is 12.4 Å². The average Bonchev–Trinajstić information content (AvgIpc) is 2.47. The highest BCUT2D eigenvalue weighted by Gasteiger charge is 2.61. The van der Waals surface area contributed by atoms with E-state index < -0.39 is 5.97 Å². The summed E-state index contributed by atoms with van der Waals surface area (Å²) in [4.78, 5) is 22.3. The molecule has 1 heterocycles. The zero-order chi connectivity index (χ0) is 11.2.